The summed E-state index contributed by atoms with van der Waals surface area (Å²) < 4.78 is 65.3. The van der Waals surface area contributed by atoms with Gasteiger partial charge in [0.2, 0.25) is 0 Å². The van der Waals surface area contributed by atoms with Crippen molar-refractivity contribution in [3.63, 3.8) is 0 Å². The Morgan fingerprint density at radius 3 is 2.58 bits per heavy atom. The van der Waals surface area contributed by atoms with Gasteiger partial charge in [-0.3, -0.25) is 9.71 Å². The van der Waals surface area contributed by atoms with Crippen LogP contribution in [0.2, 0.25) is 0 Å². The lowest BCUT2D eigenvalue weighted by molar-refractivity contribution is -0.192. The highest BCUT2D eigenvalue weighted by Crippen LogP contribution is 2.39. The lowest BCUT2D eigenvalue weighted by Gasteiger charge is -2.31. The van der Waals surface area contributed by atoms with E-state index in [0.29, 0.717) is 24.0 Å². The fourth-order valence-corrected chi connectivity index (χ4v) is 5.12. The van der Waals surface area contributed by atoms with E-state index in [1.54, 1.807) is 36.0 Å². The van der Waals surface area contributed by atoms with Crippen molar-refractivity contribution in [3.8, 4) is 5.75 Å². The van der Waals surface area contributed by atoms with Gasteiger partial charge in [-0.25, -0.2) is 18.2 Å². The molecule has 2 aromatic carbocycles. The number of carboxylic acid groups (broad SMARTS) is 1. The Bertz CT molecular complexity index is 1500. The van der Waals surface area contributed by atoms with Crippen molar-refractivity contribution in [2.45, 2.75) is 11.1 Å². The SMILES string of the molecule is O=C(O)C(F)(F)F.O=S(=O)(Nc1nccs1)c1ccc2c(c1)OCCN2c1ccc2ncccc2c1. The van der Waals surface area contributed by atoms with Gasteiger partial charge in [0.1, 0.15) is 12.4 Å². The molecule has 36 heavy (non-hydrogen) atoms. The first-order chi connectivity index (χ1) is 17.0. The number of sulfonamides is 1. The number of fused-ring (bicyclic) bond motifs is 2. The highest BCUT2D eigenvalue weighted by atomic mass is 32.2. The van der Waals surface area contributed by atoms with Crippen LogP contribution in [-0.2, 0) is 14.8 Å². The molecule has 0 saturated carbocycles. The molecule has 0 spiro atoms. The molecule has 2 N–H and O–H groups in total. The number of aliphatic carboxylic acids is 1. The molecule has 188 valence electrons. The first-order valence-electron chi connectivity index (χ1n) is 10.2. The molecule has 3 heterocycles. The fourth-order valence-electron chi connectivity index (χ4n) is 3.31. The van der Waals surface area contributed by atoms with Crippen LogP contribution in [0.4, 0.5) is 29.7 Å². The molecule has 0 unspecified atom stereocenters. The van der Waals surface area contributed by atoms with Crippen molar-refractivity contribution in [1.29, 1.82) is 0 Å². The van der Waals surface area contributed by atoms with E-state index < -0.39 is 22.2 Å². The second-order valence-electron chi connectivity index (χ2n) is 7.26. The van der Waals surface area contributed by atoms with Crippen LogP contribution in [0, 0.1) is 0 Å². The number of thiazole rings is 1. The number of alkyl halides is 3. The van der Waals surface area contributed by atoms with Crippen LogP contribution >= 0.6 is 11.3 Å². The van der Waals surface area contributed by atoms with Crippen LogP contribution in [0.5, 0.6) is 5.75 Å². The third-order valence-corrected chi connectivity index (χ3v) is 7.05. The first-order valence-corrected chi connectivity index (χ1v) is 12.5. The maximum Gasteiger partial charge on any atom is 0.490 e. The van der Waals surface area contributed by atoms with Crippen LogP contribution < -0.4 is 14.4 Å². The number of nitrogens with zero attached hydrogens (tertiary/aromatic N) is 3. The van der Waals surface area contributed by atoms with E-state index in [0.717, 1.165) is 22.3 Å². The molecule has 4 aromatic rings. The molecule has 0 atom stereocenters. The number of anilines is 3. The molecule has 0 amide bonds. The number of nitrogens with one attached hydrogen (secondary N) is 1. The van der Waals surface area contributed by atoms with Gasteiger partial charge in [-0.1, -0.05) is 6.07 Å². The second kappa shape index (κ2) is 9.99. The Morgan fingerprint density at radius 2 is 1.89 bits per heavy atom. The molecule has 1 aliphatic rings. The summed E-state index contributed by atoms with van der Waals surface area (Å²) in [4.78, 5) is 19.5. The molecule has 14 heteroatoms. The summed E-state index contributed by atoms with van der Waals surface area (Å²) >= 11 is 1.23. The van der Waals surface area contributed by atoms with E-state index in [1.807, 2.05) is 24.3 Å². The number of benzene rings is 2. The van der Waals surface area contributed by atoms with Crippen molar-refractivity contribution < 1.29 is 36.2 Å². The Morgan fingerprint density at radius 1 is 1.11 bits per heavy atom. The van der Waals surface area contributed by atoms with E-state index in [1.165, 1.54) is 11.3 Å². The van der Waals surface area contributed by atoms with E-state index in [2.05, 4.69) is 25.7 Å². The number of hydrogen-bond acceptors (Lipinski definition) is 8. The summed E-state index contributed by atoms with van der Waals surface area (Å²) in [5.74, 6) is -2.22. The number of carbonyl (C=O) groups is 1. The van der Waals surface area contributed by atoms with Gasteiger partial charge >= 0.3 is 12.1 Å². The molecule has 0 radical (unpaired) electrons. The molecular weight excluding hydrogens is 521 g/mol. The maximum absolute atomic E-state index is 12.7. The van der Waals surface area contributed by atoms with Gasteiger partial charge in [0.15, 0.2) is 5.13 Å². The zero-order chi connectivity index (χ0) is 25.9. The minimum atomic E-state index is -5.08. The minimum Gasteiger partial charge on any atom is -0.489 e. The third kappa shape index (κ3) is 5.66. The largest absolute Gasteiger partial charge is 0.490 e. The first kappa shape index (κ1) is 25.2. The van der Waals surface area contributed by atoms with Gasteiger partial charge in [0, 0.05) is 34.9 Å². The number of aromatic nitrogens is 2. The van der Waals surface area contributed by atoms with Gasteiger partial charge < -0.3 is 14.7 Å². The van der Waals surface area contributed by atoms with E-state index in [4.69, 9.17) is 14.6 Å². The van der Waals surface area contributed by atoms with E-state index in [9.17, 15) is 21.6 Å². The average Bonchev–Trinajstić information content (AvgIpc) is 3.35. The molecule has 1 aliphatic heterocycles. The second-order valence-corrected chi connectivity index (χ2v) is 9.83. The lowest BCUT2D eigenvalue weighted by atomic mass is 10.1. The molecule has 5 rings (SSSR count). The monoisotopic (exact) mass is 538 g/mol. The summed E-state index contributed by atoms with van der Waals surface area (Å²) in [7, 11) is -3.74. The molecule has 0 bridgehead atoms. The Balaban J connectivity index is 0.000000384. The van der Waals surface area contributed by atoms with Crippen molar-refractivity contribution in [1.82, 2.24) is 9.97 Å². The van der Waals surface area contributed by atoms with Gasteiger partial charge in [0.25, 0.3) is 10.0 Å². The Kier molecular flexibility index (Phi) is 6.99. The fraction of sp³-hybridized carbons (Fsp3) is 0.136. The summed E-state index contributed by atoms with van der Waals surface area (Å²) in [5, 5.41) is 10.2. The van der Waals surface area contributed by atoms with Crippen molar-refractivity contribution in [3.05, 3.63) is 66.3 Å². The van der Waals surface area contributed by atoms with Crippen LogP contribution in [0.3, 0.4) is 0 Å². The number of ether oxygens (including phenoxy) is 1. The van der Waals surface area contributed by atoms with E-state index >= 15 is 0 Å². The summed E-state index contributed by atoms with van der Waals surface area (Å²) in [6.45, 7) is 1.13. The summed E-state index contributed by atoms with van der Waals surface area (Å²) in [6, 6.07) is 14.9. The highest BCUT2D eigenvalue weighted by molar-refractivity contribution is 7.93. The number of carboxylic acids is 1. The molecule has 0 aliphatic carbocycles. The van der Waals surface area contributed by atoms with Gasteiger partial charge in [-0.05, 0) is 36.4 Å². The predicted octanol–water partition coefficient (Wildman–Crippen LogP) is 4.66. The van der Waals surface area contributed by atoms with Crippen LogP contribution in [0.1, 0.15) is 0 Å². The Labute approximate surface area is 206 Å². The molecule has 2 aromatic heterocycles. The quantitative estimate of drug-likeness (QED) is 0.385. The van der Waals surface area contributed by atoms with Crippen LogP contribution in [-0.4, -0.2) is 48.8 Å². The molecular formula is C22H17F3N4O5S2. The Hall–Kier alpha value is -3.91. The van der Waals surface area contributed by atoms with Gasteiger partial charge in [-0.15, -0.1) is 11.3 Å². The zero-order valence-electron chi connectivity index (χ0n) is 18.1. The summed E-state index contributed by atoms with van der Waals surface area (Å²) in [6.07, 6.45) is -1.76. The van der Waals surface area contributed by atoms with E-state index in [-0.39, 0.29) is 4.90 Å². The average molecular weight is 539 g/mol. The number of halogens is 3. The third-order valence-electron chi connectivity index (χ3n) is 4.90. The van der Waals surface area contributed by atoms with Gasteiger partial charge in [-0.2, -0.15) is 13.2 Å². The minimum absolute atomic E-state index is 0.135. The van der Waals surface area contributed by atoms with Crippen molar-refractivity contribution in [2.75, 3.05) is 22.8 Å². The molecule has 0 fully saturated rings. The van der Waals surface area contributed by atoms with Crippen molar-refractivity contribution >= 4 is 54.7 Å². The van der Waals surface area contributed by atoms with Gasteiger partial charge in [0.05, 0.1) is 22.6 Å². The van der Waals surface area contributed by atoms with Crippen LogP contribution in [0.25, 0.3) is 10.9 Å². The molecule has 0 saturated heterocycles. The zero-order valence-corrected chi connectivity index (χ0v) is 19.8. The summed E-state index contributed by atoms with van der Waals surface area (Å²) in [5.41, 5.74) is 2.76. The predicted molar refractivity (Wildman–Crippen MR) is 127 cm³/mol. The number of hydrogen-bond donors (Lipinski definition) is 2. The topological polar surface area (TPSA) is 122 Å². The van der Waals surface area contributed by atoms with Crippen molar-refractivity contribution in [2.24, 2.45) is 0 Å². The number of rotatable bonds is 4. The van der Waals surface area contributed by atoms with Crippen LogP contribution in [0.15, 0.2) is 71.2 Å². The highest BCUT2D eigenvalue weighted by Gasteiger charge is 2.38. The maximum atomic E-state index is 12.7. The normalized spacial score (nSPS) is 13.2. The standard InChI is InChI=1S/C20H16N4O3S2.C2HF3O2/c25-29(26,23-20-22-8-11-28-20)16-4-6-18-19(13-16)27-10-9-24(18)15-3-5-17-14(12-15)2-1-7-21-17;3-2(4,5)1(6)7/h1-8,11-13H,9-10H2,(H,22,23);(H,6,7). The number of pyridine rings is 1. The smallest absolute Gasteiger partial charge is 0.489 e. The lowest BCUT2D eigenvalue weighted by Crippen LogP contribution is -2.28. The molecule has 9 nitrogen and oxygen atoms in total.